The molecule has 0 unspecified atom stereocenters. The second-order valence-electron chi connectivity index (χ2n) is 6.12. The number of amides is 1. The number of sulfonamides is 1. The van der Waals surface area contributed by atoms with Gasteiger partial charge in [-0.3, -0.25) is 4.79 Å². The van der Waals surface area contributed by atoms with Crippen LogP contribution in [-0.4, -0.2) is 47.5 Å². The highest BCUT2D eigenvalue weighted by Crippen LogP contribution is 2.25. The molecule has 146 valence electrons. The van der Waals surface area contributed by atoms with Crippen molar-refractivity contribution in [2.75, 3.05) is 14.1 Å². The molecule has 0 radical (unpaired) electrons. The number of halogens is 1. The van der Waals surface area contributed by atoms with Crippen molar-refractivity contribution in [2.45, 2.75) is 11.4 Å². The van der Waals surface area contributed by atoms with Crippen LogP contribution in [0, 0.1) is 0 Å². The molecule has 3 rings (SSSR count). The molecule has 0 spiro atoms. The average Bonchev–Trinajstić information content (AvgIpc) is 3.21. The van der Waals surface area contributed by atoms with Crippen molar-refractivity contribution in [3.05, 3.63) is 70.7 Å². The molecule has 1 heterocycles. The predicted molar refractivity (Wildman–Crippen MR) is 108 cm³/mol. The lowest BCUT2D eigenvalue weighted by Gasteiger charge is -2.14. The van der Waals surface area contributed by atoms with Gasteiger partial charge in [0.05, 0.1) is 10.6 Å². The first-order valence-corrected chi connectivity index (χ1v) is 10.5. The summed E-state index contributed by atoms with van der Waals surface area (Å²) in [5, 5.41) is 6.86. The van der Waals surface area contributed by atoms with Crippen LogP contribution in [0.5, 0.6) is 0 Å². The first-order valence-electron chi connectivity index (χ1n) is 8.23. The van der Waals surface area contributed by atoms with Crippen LogP contribution in [0.1, 0.15) is 15.9 Å². The molecule has 0 aliphatic carbocycles. The summed E-state index contributed by atoms with van der Waals surface area (Å²) < 4.78 is 27.9. The molecule has 0 aliphatic rings. The maximum absolute atomic E-state index is 12.5. The Bertz CT molecular complexity index is 1080. The Labute approximate surface area is 171 Å². The Balaban J connectivity index is 1.72. The zero-order valence-corrected chi connectivity index (χ0v) is 17.6. The minimum absolute atomic E-state index is 0.0438. The molecule has 10 heteroatoms. The van der Waals surface area contributed by atoms with Gasteiger partial charge in [0, 0.05) is 30.7 Å². The van der Waals surface area contributed by atoms with Gasteiger partial charge >= 0.3 is 0 Å². The molecule has 0 atom stereocenters. The Kier molecular flexibility index (Phi) is 5.92. The minimum Gasteiger partial charge on any atom is -0.348 e. The van der Waals surface area contributed by atoms with Crippen molar-refractivity contribution in [1.82, 2.24) is 24.4 Å². The van der Waals surface area contributed by atoms with Crippen molar-refractivity contribution in [1.29, 1.82) is 0 Å². The number of hydrogen-bond donors (Lipinski definition) is 1. The van der Waals surface area contributed by atoms with E-state index in [1.54, 1.807) is 23.1 Å². The smallest absolute Gasteiger partial charge is 0.251 e. The number of carbonyl (C=O) groups is 1. The summed E-state index contributed by atoms with van der Waals surface area (Å²) in [5.41, 5.74) is 2.03. The lowest BCUT2D eigenvalue weighted by atomic mass is 10.2. The number of benzene rings is 2. The maximum Gasteiger partial charge on any atom is 0.251 e. The van der Waals surface area contributed by atoms with E-state index in [0.29, 0.717) is 11.0 Å². The Morgan fingerprint density at radius 1 is 1.18 bits per heavy atom. The first kappa shape index (κ1) is 20.2. The lowest BCUT2D eigenvalue weighted by Crippen LogP contribution is -2.25. The predicted octanol–water partition coefficient (Wildman–Crippen LogP) is 2.21. The topological polar surface area (TPSA) is 97.2 Å². The van der Waals surface area contributed by atoms with Crippen LogP contribution in [-0.2, 0) is 16.6 Å². The van der Waals surface area contributed by atoms with Gasteiger partial charge in [0.25, 0.3) is 5.91 Å². The molecule has 2 aromatic carbocycles. The zero-order chi connectivity index (χ0) is 20.3. The van der Waals surface area contributed by atoms with Gasteiger partial charge in [-0.15, -0.1) is 0 Å². The van der Waals surface area contributed by atoms with Gasteiger partial charge in [0.2, 0.25) is 10.0 Å². The highest BCUT2D eigenvalue weighted by atomic mass is 79.9. The van der Waals surface area contributed by atoms with Crippen LogP contribution in [0.4, 0.5) is 0 Å². The lowest BCUT2D eigenvalue weighted by molar-refractivity contribution is 0.0950. The van der Waals surface area contributed by atoms with E-state index in [1.807, 2.05) is 24.3 Å². The molecule has 0 saturated carbocycles. The van der Waals surface area contributed by atoms with Crippen LogP contribution in [0.3, 0.4) is 0 Å². The van der Waals surface area contributed by atoms with Gasteiger partial charge in [-0.2, -0.15) is 5.10 Å². The molecule has 1 amide bonds. The van der Waals surface area contributed by atoms with Crippen LogP contribution in [0.25, 0.3) is 5.69 Å². The average molecular weight is 464 g/mol. The number of hydrogen-bond acceptors (Lipinski definition) is 5. The molecule has 0 bridgehead atoms. The maximum atomic E-state index is 12.5. The highest BCUT2D eigenvalue weighted by molar-refractivity contribution is 9.10. The Hall–Kier alpha value is -2.56. The molecule has 0 fully saturated rings. The summed E-state index contributed by atoms with van der Waals surface area (Å²) in [6.45, 7) is 0.308. The van der Waals surface area contributed by atoms with Gasteiger partial charge in [-0.05, 0) is 51.8 Å². The van der Waals surface area contributed by atoms with E-state index in [4.69, 9.17) is 0 Å². The second-order valence-corrected chi connectivity index (χ2v) is 9.10. The van der Waals surface area contributed by atoms with Crippen molar-refractivity contribution >= 4 is 31.9 Å². The zero-order valence-electron chi connectivity index (χ0n) is 15.2. The summed E-state index contributed by atoms with van der Waals surface area (Å²) in [4.78, 5) is 16.4. The van der Waals surface area contributed by atoms with Crippen LogP contribution in [0.15, 0.2) is 64.5 Å². The van der Waals surface area contributed by atoms with Crippen molar-refractivity contribution < 1.29 is 13.2 Å². The number of rotatable bonds is 6. The van der Waals surface area contributed by atoms with Gasteiger partial charge in [-0.25, -0.2) is 22.4 Å². The van der Waals surface area contributed by atoms with Crippen LogP contribution in [0.2, 0.25) is 0 Å². The summed E-state index contributed by atoms with van der Waals surface area (Å²) in [6.07, 6.45) is 3.06. The fourth-order valence-corrected chi connectivity index (χ4v) is 4.28. The quantitative estimate of drug-likeness (QED) is 0.604. The standard InChI is InChI=1S/C18H18BrN5O3S/c1-23(2)28(26,27)17-9-14(5-8-16(17)19)18(25)21-10-13-3-6-15(7-4-13)24-12-20-11-22-24/h3-9,11-12H,10H2,1-2H3,(H,21,25). The third kappa shape index (κ3) is 4.29. The molecule has 28 heavy (non-hydrogen) atoms. The Morgan fingerprint density at radius 2 is 1.89 bits per heavy atom. The number of aromatic nitrogens is 3. The third-order valence-electron chi connectivity index (χ3n) is 4.02. The van der Waals surface area contributed by atoms with Crippen molar-refractivity contribution in [3.8, 4) is 5.69 Å². The van der Waals surface area contributed by atoms with Gasteiger partial charge in [0.1, 0.15) is 12.7 Å². The van der Waals surface area contributed by atoms with E-state index in [-0.39, 0.29) is 16.4 Å². The van der Waals surface area contributed by atoms with E-state index >= 15 is 0 Å². The molecular weight excluding hydrogens is 446 g/mol. The highest BCUT2D eigenvalue weighted by Gasteiger charge is 2.22. The SMILES string of the molecule is CN(C)S(=O)(=O)c1cc(C(=O)NCc2ccc(-n3cncn3)cc2)ccc1Br. The van der Waals surface area contributed by atoms with E-state index in [1.165, 1.54) is 26.5 Å². The molecule has 8 nitrogen and oxygen atoms in total. The summed E-state index contributed by atoms with van der Waals surface area (Å²) >= 11 is 3.23. The van der Waals surface area contributed by atoms with Crippen LogP contribution >= 0.6 is 15.9 Å². The fraction of sp³-hybridized carbons (Fsp3) is 0.167. The Morgan fingerprint density at radius 3 is 2.50 bits per heavy atom. The molecule has 1 aromatic heterocycles. The van der Waals surface area contributed by atoms with E-state index in [9.17, 15) is 13.2 Å². The molecular formula is C18H18BrN5O3S. The third-order valence-corrected chi connectivity index (χ3v) is 6.83. The summed E-state index contributed by atoms with van der Waals surface area (Å²) in [7, 11) is -0.780. The fourth-order valence-electron chi connectivity index (χ4n) is 2.43. The molecule has 3 aromatic rings. The molecule has 0 saturated heterocycles. The van der Waals surface area contributed by atoms with E-state index in [0.717, 1.165) is 15.6 Å². The number of carbonyl (C=O) groups excluding carboxylic acids is 1. The van der Waals surface area contributed by atoms with Crippen molar-refractivity contribution in [3.63, 3.8) is 0 Å². The number of nitrogens with zero attached hydrogens (tertiary/aromatic N) is 4. The second kappa shape index (κ2) is 8.21. The summed E-state index contributed by atoms with van der Waals surface area (Å²) in [5.74, 6) is -0.358. The van der Waals surface area contributed by atoms with E-state index in [2.05, 4.69) is 31.3 Å². The summed E-state index contributed by atoms with van der Waals surface area (Å²) in [6, 6.07) is 12.0. The largest absolute Gasteiger partial charge is 0.348 e. The van der Waals surface area contributed by atoms with E-state index < -0.39 is 10.0 Å². The first-order chi connectivity index (χ1) is 13.3. The monoisotopic (exact) mass is 463 g/mol. The normalized spacial score (nSPS) is 11.6. The van der Waals surface area contributed by atoms with Crippen LogP contribution < -0.4 is 5.32 Å². The van der Waals surface area contributed by atoms with Crippen molar-refractivity contribution in [2.24, 2.45) is 0 Å². The molecule has 0 aliphatic heterocycles. The van der Waals surface area contributed by atoms with Gasteiger partial charge < -0.3 is 5.32 Å². The number of nitrogens with one attached hydrogen (secondary N) is 1. The van der Waals surface area contributed by atoms with Gasteiger partial charge in [0.15, 0.2) is 0 Å². The minimum atomic E-state index is -3.66. The van der Waals surface area contributed by atoms with Gasteiger partial charge in [-0.1, -0.05) is 12.1 Å². The molecule has 1 N–H and O–H groups in total.